The molecule has 0 saturated carbocycles. The van der Waals surface area contributed by atoms with Gasteiger partial charge in [-0.1, -0.05) is 13.8 Å². The molecule has 1 saturated heterocycles. The van der Waals surface area contributed by atoms with E-state index >= 15 is 0 Å². The fraction of sp³-hybridized carbons (Fsp3) is 0.529. The lowest BCUT2D eigenvalue weighted by molar-refractivity contribution is 0.0275. The van der Waals surface area contributed by atoms with E-state index in [0.717, 1.165) is 6.07 Å². The van der Waals surface area contributed by atoms with E-state index in [1.807, 2.05) is 24.8 Å². The predicted octanol–water partition coefficient (Wildman–Crippen LogP) is 2.45. The lowest BCUT2D eigenvalue weighted by Gasteiger charge is -2.41. The molecule has 1 aliphatic rings. The van der Waals surface area contributed by atoms with E-state index in [2.05, 4.69) is 0 Å². The molecule has 1 heterocycles. The lowest BCUT2D eigenvalue weighted by atomic mass is 9.99. The second kappa shape index (κ2) is 7.05. The molecule has 6 heteroatoms. The minimum absolute atomic E-state index is 0.0517. The van der Waals surface area contributed by atoms with Gasteiger partial charge in [0.05, 0.1) is 17.2 Å². The Kier molecular flexibility index (Phi) is 5.32. The Morgan fingerprint density at radius 3 is 2.61 bits per heavy atom. The molecule has 0 radical (unpaired) electrons. The van der Waals surface area contributed by atoms with Gasteiger partial charge in [-0.15, -0.1) is 0 Å². The van der Waals surface area contributed by atoms with E-state index in [9.17, 15) is 13.6 Å². The number of hydrogen-bond acceptors (Lipinski definition) is 3. The first kappa shape index (κ1) is 17.4. The summed E-state index contributed by atoms with van der Waals surface area (Å²) in [5.74, 6) is -0.969. The number of halogens is 2. The molecular weight excluding hydrogens is 300 g/mol. The predicted molar refractivity (Wildman–Crippen MR) is 83.2 cm³/mol. The third kappa shape index (κ3) is 3.85. The monoisotopic (exact) mass is 321 g/mol. The van der Waals surface area contributed by atoms with Crippen molar-refractivity contribution in [3.05, 3.63) is 35.1 Å². The summed E-state index contributed by atoms with van der Waals surface area (Å²) in [5, 5.41) is 8.77. The third-order valence-electron chi connectivity index (χ3n) is 4.27. The van der Waals surface area contributed by atoms with Gasteiger partial charge in [-0.25, -0.2) is 8.78 Å². The van der Waals surface area contributed by atoms with Crippen molar-refractivity contribution in [2.75, 3.05) is 26.7 Å². The normalized spacial score (nSPS) is 16.7. The highest BCUT2D eigenvalue weighted by Crippen LogP contribution is 2.20. The smallest absolute Gasteiger partial charge is 0.256 e. The fourth-order valence-corrected chi connectivity index (χ4v) is 2.80. The molecule has 1 atom stereocenters. The zero-order chi connectivity index (χ0) is 17.1. The van der Waals surface area contributed by atoms with Crippen molar-refractivity contribution in [1.29, 1.82) is 5.26 Å². The molecule has 0 aromatic heterocycles. The van der Waals surface area contributed by atoms with Gasteiger partial charge in [-0.2, -0.15) is 5.26 Å². The summed E-state index contributed by atoms with van der Waals surface area (Å²) >= 11 is 0. The van der Waals surface area contributed by atoms with Gasteiger partial charge < -0.3 is 4.90 Å². The van der Waals surface area contributed by atoms with Crippen molar-refractivity contribution in [1.82, 2.24) is 9.80 Å². The molecule has 1 fully saturated rings. The topological polar surface area (TPSA) is 47.3 Å². The van der Waals surface area contributed by atoms with E-state index in [4.69, 9.17) is 5.26 Å². The highest BCUT2D eigenvalue weighted by atomic mass is 19.1. The zero-order valence-corrected chi connectivity index (χ0v) is 13.6. The Hall–Kier alpha value is -2.00. The standard InChI is InChI=1S/C17H21F2N3O/c1-11(2)16(10-22-8-13(18)9-22)21(3)17(23)14-5-4-12(7-20)6-15(14)19/h4-6,11,13,16H,8-10H2,1-3H3/t16-/m1/s1. The maximum atomic E-state index is 14.0. The summed E-state index contributed by atoms with van der Waals surface area (Å²) in [4.78, 5) is 16.0. The Labute approximate surface area is 135 Å². The van der Waals surface area contributed by atoms with Gasteiger partial charge in [-0.05, 0) is 24.1 Å². The number of hydrogen-bond donors (Lipinski definition) is 0. The maximum Gasteiger partial charge on any atom is 0.256 e. The molecule has 1 aliphatic heterocycles. The van der Waals surface area contributed by atoms with Crippen LogP contribution in [-0.2, 0) is 0 Å². The number of alkyl halides is 1. The molecule has 1 aromatic rings. The molecule has 124 valence electrons. The van der Waals surface area contributed by atoms with Crippen LogP contribution in [0.1, 0.15) is 29.8 Å². The summed E-state index contributed by atoms with van der Waals surface area (Å²) < 4.78 is 27.0. The molecular formula is C17H21F2N3O. The van der Waals surface area contributed by atoms with Gasteiger partial charge >= 0.3 is 0 Å². The average Bonchev–Trinajstić information content (AvgIpc) is 2.48. The fourth-order valence-electron chi connectivity index (χ4n) is 2.80. The van der Waals surface area contributed by atoms with Crippen LogP contribution in [0, 0.1) is 23.1 Å². The lowest BCUT2D eigenvalue weighted by Crippen LogP contribution is -2.55. The average molecular weight is 321 g/mol. The molecule has 0 aliphatic carbocycles. The molecule has 0 bridgehead atoms. The molecule has 0 unspecified atom stereocenters. The van der Waals surface area contributed by atoms with Crippen LogP contribution in [0.5, 0.6) is 0 Å². The van der Waals surface area contributed by atoms with Crippen LogP contribution in [0.15, 0.2) is 18.2 Å². The zero-order valence-electron chi connectivity index (χ0n) is 13.6. The number of likely N-dealkylation sites (N-methyl/N-ethyl adjacent to an activating group) is 1. The SMILES string of the molecule is CC(C)[C@@H](CN1CC(F)C1)N(C)C(=O)c1ccc(C#N)cc1F. The number of amides is 1. The van der Waals surface area contributed by atoms with Crippen molar-refractivity contribution in [3.8, 4) is 6.07 Å². The number of carbonyl (C=O) groups is 1. The van der Waals surface area contributed by atoms with Gasteiger partial charge in [0.15, 0.2) is 0 Å². The number of nitriles is 1. The minimum atomic E-state index is -0.792. The number of nitrogens with zero attached hydrogens (tertiary/aromatic N) is 3. The summed E-state index contributed by atoms with van der Waals surface area (Å²) in [7, 11) is 1.64. The molecule has 0 spiro atoms. The highest BCUT2D eigenvalue weighted by molar-refractivity contribution is 5.94. The summed E-state index contributed by atoms with van der Waals surface area (Å²) in [6.45, 7) is 5.30. The molecule has 4 nitrogen and oxygen atoms in total. The van der Waals surface area contributed by atoms with E-state index < -0.39 is 17.9 Å². The summed E-state index contributed by atoms with van der Waals surface area (Å²) in [6.07, 6.45) is -0.792. The van der Waals surface area contributed by atoms with Crippen molar-refractivity contribution in [2.24, 2.45) is 5.92 Å². The number of likely N-dealkylation sites (tertiary alicyclic amines) is 1. The van der Waals surface area contributed by atoms with Gasteiger partial charge in [0, 0.05) is 32.7 Å². The Balaban J connectivity index is 2.14. The quantitative estimate of drug-likeness (QED) is 0.837. The molecule has 23 heavy (non-hydrogen) atoms. The minimum Gasteiger partial charge on any atom is -0.337 e. The van der Waals surface area contributed by atoms with Gasteiger partial charge in [0.25, 0.3) is 5.91 Å². The molecule has 2 rings (SSSR count). The first-order valence-corrected chi connectivity index (χ1v) is 7.66. The van der Waals surface area contributed by atoms with Crippen LogP contribution in [0.3, 0.4) is 0 Å². The van der Waals surface area contributed by atoms with Crippen molar-refractivity contribution in [3.63, 3.8) is 0 Å². The van der Waals surface area contributed by atoms with Crippen LogP contribution >= 0.6 is 0 Å². The van der Waals surface area contributed by atoms with Crippen LogP contribution < -0.4 is 0 Å². The van der Waals surface area contributed by atoms with Crippen molar-refractivity contribution in [2.45, 2.75) is 26.1 Å². The van der Waals surface area contributed by atoms with Crippen LogP contribution in [-0.4, -0.2) is 54.6 Å². The van der Waals surface area contributed by atoms with Gasteiger partial charge in [0.1, 0.15) is 12.0 Å². The van der Waals surface area contributed by atoms with E-state index in [1.165, 1.54) is 17.0 Å². The Morgan fingerprint density at radius 1 is 1.48 bits per heavy atom. The second-order valence-corrected chi connectivity index (χ2v) is 6.35. The second-order valence-electron chi connectivity index (χ2n) is 6.35. The first-order chi connectivity index (χ1) is 10.8. The van der Waals surface area contributed by atoms with Gasteiger partial charge in [-0.3, -0.25) is 9.69 Å². The molecule has 1 amide bonds. The molecule has 1 aromatic carbocycles. The van der Waals surface area contributed by atoms with Crippen LogP contribution in [0.2, 0.25) is 0 Å². The number of benzene rings is 1. The largest absolute Gasteiger partial charge is 0.337 e. The summed E-state index contributed by atoms with van der Waals surface area (Å²) in [5.41, 5.74) is 0.126. The van der Waals surface area contributed by atoms with Crippen LogP contribution in [0.4, 0.5) is 8.78 Å². The Morgan fingerprint density at radius 2 is 2.13 bits per heavy atom. The van der Waals surface area contributed by atoms with E-state index in [1.54, 1.807) is 7.05 Å². The first-order valence-electron chi connectivity index (χ1n) is 7.66. The van der Waals surface area contributed by atoms with Crippen molar-refractivity contribution < 1.29 is 13.6 Å². The highest BCUT2D eigenvalue weighted by Gasteiger charge is 2.32. The molecule has 0 N–H and O–H groups in total. The number of rotatable bonds is 5. The maximum absolute atomic E-state index is 14.0. The van der Waals surface area contributed by atoms with Crippen molar-refractivity contribution >= 4 is 5.91 Å². The summed E-state index contributed by atoms with van der Waals surface area (Å²) in [6, 6.07) is 5.54. The van der Waals surface area contributed by atoms with Crippen LogP contribution in [0.25, 0.3) is 0 Å². The van der Waals surface area contributed by atoms with E-state index in [0.29, 0.717) is 19.6 Å². The third-order valence-corrected chi connectivity index (χ3v) is 4.27. The van der Waals surface area contributed by atoms with Gasteiger partial charge in [0.2, 0.25) is 0 Å². The number of carbonyl (C=O) groups excluding carboxylic acids is 1. The van der Waals surface area contributed by atoms with E-state index in [-0.39, 0.29) is 23.1 Å². The Bertz CT molecular complexity index is 621.